The van der Waals surface area contributed by atoms with Crippen LogP contribution in [0, 0.1) is 0 Å². The van der Waals surface area contributed by atoms with E-state index < -0.39 is 19.0 Å². The summed E-state index contributed by atoms with van der Waals surface area (Å²) >= 11 is 0. The van der Waals surface area contributed by atoms with Crippen LogP contribution in [0.2, 0.25) is 12.1 Å². The highest BCUT2D eigenvalue weighted by molar-refractivity contribution is 6.60. The Kier molecular flexibility index (Phi) is 10.6. The molecule has 0 heterocycles. The van der Waals surface area contributed by atoms with Crippen molar-refractivity contribution in [1.29, 1.82) is 0 Å². The molecule has 2 rings (SSSR count). The zero-order valence-corrected chi connectivity index (χ0v) is 24.1. The lowest BCUT2D eigenvalue weighted by atomic mass is 10.3. The summed E-state index contributed by atoms with van der Waals surface area (Å²) < 4.78 is 24.5. The highest BCUT2D eigenvalue weighted by Gasteiger charge is 2.16. The van der Waals surface area contributed by atoms with E-state index in [0.717, 1.165) is 23.0 Å². The highest BCUT2D eigenvalue weighted by atomic mass is 28.2. The van der Waals surface area contributed by atoms with E-state index in [1.54, 1.807) is 0 Å². The summed E-state index contributed by atoms with van der Waals surface area (Å²) in [6.07, 6.45) is 0.532. The van der Waals surface area contributed by atoms with Gasteiger partial charge >= 0.3 is 0 Å². The minimum atomic E-state index is -0.459. The molecule has 0 unspecified atom stereocenters. The minimum Gasteiger partial charge on any atom is -0.487 e. The first kappa shape index (κ1) is 26.3. The molecular formula is C26H42O4Si2. The Morgan fingerprint density at radius 2 is 0.875 bits per heavy atom. The average Bonchev–Trinajstić information content (AvgIpc) is 2.68. The fourth-order valence-corrected chi connectivity index (χ4v) is 7.92. The van der Waals surface area contributed by atoms with E-state index in [9.17, 15) is 0 Å². The Bertz CT molecular complexity index is 765. The number of hydrogen-bond donors (Lipinski definition) is 0. The van der Waals surface area contributed by atoms with Gasteiger partial charge in [0.1, 0.15) is 0 Å². The monoisotopic (exact) mass is 474 g/mol. The van der Waals surface area contributed by atoms with Crippen LogP contribution in [0.25, 0.3) is 0 Å². The molecule has 0 spiro atoms. The van der Waals surface area contributed by atoms with E-state index in [2.05, 4.69) is 79.7 Å². The summed E-state index contributed by atoms with van der Waals surface area (Å²) in [7, 11) is -0.918. The van der Waals surface area contributed by atoms with Crippen molar-refractivity contribution in [2.24, 2.45) is 0 Å². The van der Waals surface area contributed by atoms with Crippen LogP contribution in [-0.2, 0) is 0 Å². The van der Waals surface area contributed by atoms with Crippen LogP contribution in [0.4, 0.5) is 0 Å². The third-order valence-corrected chi connectivity index (χ3v) is 9.59. The van der Waals surface area contributed by atoms with Gasteiger partial charge in [-0.3, -0.25) is 0 Å². The van der Waals surface area contributed by atoms with E-state index in [4.69, 9.17) is 18.9 Å². The Hall–Kier alpha value is -1.93. The molecule has 2 aromatic rings. The lowest BCUT2D eigenvalue weighted by Gasteiger charge is -2.20. The Labute approximate surface area is 199 Å². The van der Waals surface area contributed by atoms with Crippen LogP contribution in [0.5, 0.6) is 23.0 Å². The van der Waals surface area contributed by atoms with Gasteiger partial charge in [0.2, 0.25) is 0 Å². The first-order chi connectivity index (χ1) is 15.2. The summed E-state index contributed by atoms with van der Waals surface area (Å²) in [5, 5.41) is 2.72. The first-order valence-corrected chi connectivity index (χ1v) is 15.5. The van der Waals surface area contributed by atoms with Gasteiger partial charge in [0.05, 0.1) is 43.5 Å². The van der Waals surface area contributed by atoms with Gasteiger partial charge in [0, 0.05) is 0 Å². The molecule has 6 heteroatoms. The lowest BCUT2D eigenvalue weighted by molar-refractivity contribution is 0.200. The minimum absolute atomic E-state index is 0.133. The molecule has 0 bridgehead atoms. The zero-order valence-electron chi connectivity index (χ0n) is 21.2. The molecule has 4 nitrogen and oxygen atoms in total. The summed E-state index contributed by atoms with van der Waals surface area (Å²) in [6.45, 7) is 16.5. The second-order valence-electron chi connectivity index (χ2n) is 9.36. The Balaban J connectivity index is 2.10. The van der Waals surface area contributed by atoms with E-state index in [1.807, 2.05) is 12.1 Å². The second kappa shape index (κ2) is 12.9. The van der Waals surface area contributed by atoms with Crippen molar-refractivity contribution >= 4 is 29.4 Å². The van der Waals surface area contributed by atoms with Gasteiger partial charge in [-0.25, -0.2) is 0 Å². The molecule has 0 aliphatic rings. The fraction of sp³-hybridized carbons (Fsp3) is 0.538. The van der Waals surface area contributed by atoms with Crippen LogP contribution in [0.3, 0.4) is 0 Å². The van der Waals surface area contributed by atoms with Crippen LogP contribution in [0.15, 0.2) is 36.4 Å². The summed E-state index contributed by atoms with van der Waals surface area (Å²) in [5.74, 6) is 3.67. The van der Waals surface area contributed by atoms with Gasteiger partial charge in [0.15, 0.2) is 23.0 Å². The largest absolute Gasteiger partial charge is 0.487 e. The maximum atomic E-state index is 6.19. The molecule has 0 amide bonds. The molecule has 0 N–H and O–H groups in total. The van der Waals surface area contributed by atoms with Crippen molar-refractivity contribution in [3.8, 4) is 23.0 Å². The van der Waals surface area contributed by atoms with Crippen LogP contribution in [-0.4, -0.2) is 43.5 Å². The number of ether oxygens (including phenoxy) is 4. The molecule has 0 saturated carbocycles. The third kappa shape index (κ3) is 8.54. The van der Waals surface area contributed by atoms with Gasteiger partial charge in [-0.15, -0.1) is 0 Å². The van der Waals surface area contributed by atoms with Crippen molar-refractivity contribution < 1.29 is 18.9 Å². The van der Waals surface area contributed by atoms with Crippen LogP contribution < -0.4 is 29.3 Å². The molecule has 0 fully saturated rings. The number of benzene rings is 2. The lowest BCUT2D eigenvalue weighted by Crippen LogP contribution is -2.24. The van der Waals surface area contributed by atoms with E-state index in [0.29, 0.717) is 0 Å². The van der Waals surface area contributed by atoms with Crippen molar-refractivity contribution in [2.75, 3.05) is 0 Å². The number of rotatable bonds is 13. The molecule has 0 aromatic heterocycles. The summed E-state index contributed by atoms with van der Waals surface area (Å²) in [5.41, 5.74) is 0. The third-order valence-electron chi connectivity index (χ3n) is 4.70. The van der Waals surface area contributed by atoms with Crippen molar-refractivity contribution in [3.05, 3.63) is 36.4 Å². The van der Waals surface area contributed by atoms with E-state index in [1.165, 1.54) is 22.5 Å². The smallest absolute Gasteiger partial charge is 0.161 e. The van der Waals surface area contributed by atoms with Gasteiger partial charge in [-0.1, -0.05) is 36.4 Å². The molecular weight excluding hydrogens is 432 g/mol. The molecule has 0 aliphatic carbocycles. The standard InChI is InChI=1S/C26H42O4Si2/c1-17(2)27-21-11-9-13-23(25(21)29-19(5)6)31-15-16-32-24-14-10-12-22(28-18(3)4)26(24)30-20(7)8/h9-14,17-20H,15-16,31-32H2,1-8H3. The quantitative estimate of drug-likeness (QED) is 0.325. The normalized spacial score (nSPS) is 12.2. The SMILES string of the molecule is CC(C)Oc1cccc([SiH2]CC[SiH2]c2cccc(OC(C)C)c2OC(C)C)c1OC(C)C. The molecule has 0 saturated heterocycles. The van der Waals surface area contributed by atoms with Crippen LogP contribution in [0.1, 0.15) is 55.4 Å². The first-order valence-electron chi connectivity index (χ1n) is 12.1. The molecule has 178 valence electrons. The molecule has 0 atom stereocenters. The van der Waals surface area contributed by atoms with Gasteiger partial charge in [-0.05, 0) is 77.9 Å². The maximum absolute atomic E-state index is 6.19. The number of hydrogen-bond acceptors (Lipinski definition) is 4. The zero-order chi connectivity index (χ0) is 23.7. The maximum Gasteiger partial charge on any atom is 0.161 e. The van der Waals surface area contributed by atoms with Gasteiger partial charge < -0.3 is 18.9 Å². The Morgan fingerprint density at radius 3 is 1.19 bits per heavy atom. The molecule has 2 aromatic carbocycles. The van der Waals surface area contributed by atoms with Crippen molar-refractivity contribution in [2.45, 2.75) is 91.9 Å². The summed E-state index contributed by atoms with van der Waals surface area (Å²) in [6, 6.07) is 15.2. The van der Waals surface area contributed by atoms with Gasteiger partial charge in [0.25, 0.3) is 0 Å². The molecule has 0 aliphatic heterocycles. The predicted molar refractivity (Wildman–Crippen MR) is 142 cm³/mol. The van der Waals surface area contributed by atoms with E-state index in [-0.39, 0.29) is 24.4 Å². The van der Waals surface area contributed by atoms with Crippen molar-refractivity contribution in [1.82, 2.24) is 0 Å². The van der Waals surface area contributed by atoms with Crippen molar-refractivity contribution in [3.63, 3.8) is 0 Å². The Morgan fingerprint density at radius 1 is 0.531 bits per heavy atom. The van der Waals surface area contributed by atoms with Crippen LogP contribution >= 0.6 is 0 Å². The molecule has 0 radical (unpaired) electrons. The summed E-state index contributed by atoms with van der Waals surface area (Å²) in [4.78, 5) is 0. The average molecular weight is 475 g/mol. The molecule has 32 heavy (non-hydrogen) atoms. The second-order valence-corrected chi connectivity index (χ2v) is 13.3. The fourth-order valence-electron chi connectivity index (χ4n) is 3.58. The topological polar surface area (TPSA) is 36.9 Å². The van der Waals surface area contributed by atoms with Gasteiger partial charge in [-0.2, -0.15) is 0 Å². The predicted octanol–water partition coefficient (Wildman–Crippen LogP) is 3.96. The highest BCUT2D eigenvalue weighted by Crippen LogP contribution is 2.28. The number of para-hydroxylation sites is 2. The van der Waals surface area contributed by atoms with E-state index >= 15 is 0 Å².